The molecule has 0 aromatic heterocycles. The lowest BCUT2D eigenvalue weighted by Gasteiger charge is -2.09. The Hall–Kier alpha value is -0.0400. The topological polar surface area (TPSA) is 12.0 Å². The van der Waals surface area contributed by atoms with Crippen molar-refractivity contribution < 1.29 is 0 Å². The Balaban J connectivity index is 1.61. The van der Waals surface area contributed by atoms with Crippen molar-refractivity contribution in [2.45, 2.75) is 33.1 Å². The van der Waals surface area contributed by atoms with E-state index >= 15 is 0 Å². The van der Waals surface area contributed by atoms with E-state index in [0.29, 0.717) is 0 Å². The summed E-state index contributed by atoms with van der Waals surface area (Å²) >= 11 is 0. The number of fused-ring (bicyclic) bond motifs is 1. The third-order valence-electron chi connectivity index (χ3n) is 3.91. The van der Waals surface area contributed by atoms with E-state index in [1.807, 2.05) is 0 Å². The minimum absolute atomic E-state index is 0.988. The molecule has 2 saturated carbocycles. The van der Waals surface area contributed by atoms with Crippen molar-refractivity contribution >= 4 is 0 Å². The maximum atomic E-state index is 3.41. The smallest absolute Gasteiger partial charge is 0.00464 e. The minimum atomic E-state index is 0.988. The molecular weight excluding hydrogens is 146 g/mol. The summed E-state index contributed by atoms with van der Waals surface area (Å²) in [5.74, 6) is 4.45. The highest BCUT2D eigenvalue weighted by atomic mass is 14.8. The van der Waals surface area contributed by atoms with Crippen LogP contribution >= 0.6 is 0 Å². The van der Waals surface area contributed by atoms with Crippen LogP contribution in [-0.2, 0) is 0 Å². The van der Waals surface area contributed by atoms with Crippen molar-refractivity contribution in [3.05, 3.63) is 0 Å². The molecule has 12 heavy (non-hydrogen) atoms. The standard InChI is InChI=1S/C11H21N/c1-3-12-7-6-8(2)11-9-4-5-10(9)11/h8-12H,3-7H2,1-2H3. The molecule has 1 N–H and O–H groups in total. The van der Waals surface area contributed by atoms with Gasteiger partial charge in [0, 0.05) is 0 Å². The first-order valence-corrected chi connectivity index (χ1v) is 5.55. The molecule has 3 atom stereocenters. The van der Waals surface area contributed by atoms with Crippen LogP contribution < -0.4 is 5.32 Å². The summed E-state index contributed by atoms with van der Waals surface area (Å²) in [5.41, 5.74) is 0. The van der Waals surface area contributed by atoms with Gasteiger partial charge in [0.25, 0.3) is 0 Å². The first kappa shape index (κ1) is 8.55. The Bertz CT molecular complexity index is 145. The molecule has 2 rings (SSSR count). The molecule has 0 spiro atoms. The van der Waals surface area contributed by atoms with Crippen LogP contribution in [0.1, 0.15) is 33.1 Å². The summed E-state index contributed by atoms with van der Waals surface area (Å²) < 4.78 is 0. The molecule has 3 unspecified atom stereocenters. The van der Waals surface area contributed by atoms with Crippen molar-refractivity contribution in [3.63, 3.8) is 0 Å². The summed E-state index contributed by atoms with van der Waals surface area (Å²) in [6.07, 6.45) is 4.48. The van der Waals surface area contributed by atoms with Crippen LogP contribution in [0.25, 0.3) is 0 Å². The number of rotatable bonds is 5. The fraction of sp³-hybridized carbons (Fsp3) is 1.00. The van der Waals surface area contributed by atoms with E-state index in [1.54, 1.807) is 12.8 Å². The van der Waals surface area contributed by atoms with Gasteiger partial charge in [0.05, 0.1) is 0 Å². The highest BCUT2D eigenvalue weighted by Gasteiger charge is 2.57. The fourth-order valence-electron chi connectivity index (χ4n) is 2.95. The molecule has 0 heterocycles. The first-order chi connectivity index (χ1) is 5.84. The van der Waals surface area contributed by atoms with Crippen LogP contribution in [0.4, 0.5) is 0 Å². The van der Waals surface area contributed by atoms with E-state index in [2.05, 4.69) is 19.2 Å². The largest absolute Gasteiger partial charge is 0.317 e. The molecular formula is C11H21N. The van der Waals surface area contributed by atoms with Crippen molar-refractivity contribution in [2.75, 3.05) is 13.1 Å². The van der Waals surface area contributed by atoms with Crippen LogP contribution in [0.5, 0.6) is 0 Å². The van der Waals surface area contributed by atoms with Crippen LogP contribution in [-0.4, -0.2) is 13.1 Å². The molecule has 0 saturated heterocycles. The van der Waals surface area contributed by atoms with Crippen LogP contribution in [0, 0.1) is 23.7 Å². The van der Waals surface area contributed by atoms with Gasteiger partial charge in [0.1, 0.15) is 0 Å². The molecule has 0 aromatic carbocycles. The monoisotopic (exact) mass is 167 g/mol. The van der Waals surface area contributed by atoms with Gasteiger partial charge in [-0.25, -0.2) is 0 Å². The van der Waals surface area contributed by atoms with Gasteiger partial charge < -0.3 is 5.32 Å². The Morgan fingerprint density at radius 2 is 2.00 bits per heavy atom. The first-order valence-electron chi connectivity index (χ1n) is 5.55. The molecule has 70 valence electrons. The molecule has 1 nitrogen and oxygen atoms in total. The number of hydrogen-bond donors (Lipinski definition) is 1. The fourth-order valence-corrected chi connectivity index (χ4v) is 2.95. The highest BCUT2D eigenvalue weighted by Crippen LogP contribution is 2.64. The third kappa shape index (κ3) is 1.39. The second-order valence-corrected chi connectivity index (χ2v) is 4.60. The average Bonchev–Trinajstić information content (AvgIpc) is 2.53. The zero-order valence-corrected chi connectivity index (χ0v) is 8.34. The van der Waals surface area contributed by atoms with Crippen LogP contribution in [0.15, 0.2) is 0 Å². The van der Waals surface area contributed by atoms with Gasteiger partial charge in [-0.15, -0.1) is 0 Å². The van der Waals surface area contributed by atoms with E-state index in [0.717, 1.165) is 18.4 Å². The van der Waals surface area contributed by atoms with Gasteiger partial charge in [-0.2, -0.15) is 0 Å². The number of hydrogen-bond acceptors (Lipinski definition) is 1. The average molecular weight is 167 g/mol. The summed E-state index contributed by atoms with van der Waals surface area (Å²) in [6.45, 7) is 6.99. The van der Waals surface area contributed by atoms with Crippen molar-refractivity contribution in [2.24, 2.45) is 23.7 Å². The third-order valence-corrected chi connectivity index (χ3v) is 3.91. The quantitative estimate of drug-likeness (QED) is 0.619. The molecule has 0 aliphatic heterocycles. The summed E-state index contributed by atoms with van der Waals surface area (Å²) in [4.78, 5) is 0. The second kappa shape index (κ2) is 3.37. The zero-order valence-electron chi connectivity index (χ0n) is 8.34. The Morgan fingerprint density at radius 1 is 1.33 bits per heavy atom. The van der Waals surface area contributed by atoms with Crippen molar-refractivity contribution in [1.82, 2.24) is 5.32 Å². The highest BCUT2D eigenvalue weighted by molar-refractivity contribution is 5.06. The lowest BCUT2D eigenvalue weighted by molar-refractivity contribution is 0.435. The molecule has 0 radical (unpaired) electrons. The molecule has 1 heteroatoms. The van der Waals surface area contributed by atoms with Crippen LogP contribution in [0.3, 0.4) is 0 Å². The predicted molar refractivity (Wildman–Crippen MR) is 52.0 cm³/mol. The molecule has 0 amide bonds. The summed E-state index contributed by atoms with van der Waals surface area (Å²) in [5, 5.41) is 3.41. The maximum absolute atomic E-state index is 3.41. The van der Waals surface area contributed by atoms with Crippen molar-refractivity contribution in [1.29, 1.82) is 0 Å². The Kier molecular flexibility index (Phi) is 2.40. The van der Waals surface area contributed by atoms with Gasteiger partial charge in [-0.05, 0) is 56.0 Å². The molecule has 2 fully saturated rings. The van der Waals surface area contributed by atoms with Gasteiger partial charge >= 0.3 is 0 Å². The molecule has 0 bridgehead atoms. The van der Waals surface area contributed by atoms with Crippen molar-refractivity contribution in [3.8, 4) is 0 Å². The van der Waals surface area contributed by atoms with E-state index in [-0.39, 0.29) is 0 Å². The summed E-state index contributed by atoms with van der Waals surface area (Å²) in [7, 11) is 0. The summed E-state index contributed by atoms with van der Waals surface area (Å²) in [6, 6.07) is 0. The SMILES string of the molecule is CCNCCC(C)C1C2CCC21. The van der Waals surface area contributed by atoms with Gasteiger partial charge in [0.2, 0.25) is 0 Å². The molecule has 2 aliphatic carbocycles. The van der Waals surface area contributed by atoms with Gasteiger partial charge in [0.15, 0.2) is 0 Å². The van der Waals surface area contributed by atoms with Gasteiger partial charge in [-0.1, -0.05) is 13.8 Å². The molecule has 0 aromatic rings. The van der Waals surface area contributed by atoms with E-state index in [9.17, 15) is 0 Å². The lowest BCUT2D eigenvalue weighted by atomic mass is 10.0. The lowest BCUT2D eigenvalue weighted by Crippen LogP contribution is -2.17. The predicted octanol–water partition coefficient (Wildman–Crippen LogP) is 2.28. The van der Waals surface area contributed by atoms with E-state index in [1.165, 1.54) is 24.8 Å². The minimum Gasteiger partial charge on any atom is -0.317 e. The Labute approximate surface area is 75.9 Å². The van der Waals surface area contributed by atoms with Gasteiger partial charge in [-0.3, -0.25) is 0 Å². The van der Waals surface area contributed by atoms with E-state index in [4.69, 9.17) is 0 Å². The second-order valence-electron chi connectivity index (χ2n) is 4.60. The number of nitrogens with one attached hydrogen (secondary N) is 1. The van der Waals surface area contributed by atoms with Crippen LogP contribution in [0.2, 0.25) is 0 Å². The molecule has 2 aliphatic rings. The normalized spacial score (nSPS) is 40.0. The Morgan fingerprint density at radius 3 is 2.50 bits per heavy atom. The van der Waals surface area contributed by atoms with E-state index < -0.39 is 0 Å². The zero-order chi connectivity index (χ0) is 8.55. The maximum Gasteiger partial charge on any atom is -0.00464 e.